The van der Waals surface area contributed by atoms with E-state index in [-0.39, 0.29) is 6.04 Å². The van der Waals surface area contributed by atoms with Gasteiger partial charge in [-0.1, -0.05) is 56.3 Å². The fourth-order valence-electron chi connectivity index (χ4n) is 4.05. The van der Waals surface area contributed by atoms with Crippen molar-refractivity contribution in [1.82, 2.24) is 9.80 Å². The van der Waals surface area contributed by atoms with Crippen LogP contribution < -0.4 is 0 Å². The van der Waals surface area contributed by atoms with Crippen LogP contribution in [-0.4, -0.2) is 47.1 Å². The van der Waals surface area contributed by atoms with Crippen LogP contribution in [0, 0.1) is 13.8 Å². The van der Waals surface area contributed by atoms with Crippen molar-refractivity contribution in [1.29, 1.82) is 0 Å². The van der Waals surface area contributed by atoms with Crippen molar-refractivity contribution >= 4 is 11.5 Å². The number of likely N-dealkylation sites (N-methyl/N-ethyl adjacent to an activating group) is 1. The van der Waals surface area contributed by atoms with E-state index in [4.69, 9.17) is 0 Å². The maximum atomic E-state index is 12.0. The fraction of sp³-hybridized carbons (Fsp3) is 0.375. The Balaban J connectivity index is 2.11. The Morgan fingerprint density at radius 2 is 1.71 bits per heavy atom. The molecule has 1 aliphatic rings. The first kappa shape index (κ1) is 20.2. The first-order valence-corrected chi connectivity index (χ1v) is 10.1. The summed E-state index contributed by atoms with van der Waals surface area (Å²) in [5, 5.41) is 9.82. The molecular weight excluding hydrogens is 348 g/mol. The quantitative estimate of drug-likeness (QED) is 0.772. The first-order chi connectivity index (χ1) is 13.5. The Morgan fingerprint density at radius 3 is 2.39 bits per heavy atom. The Kier molecular flexibility index (Phi) is 6.20. The van der Waals surface area contributed by atoms with Crippen LogP contribution in [0.1, 0.15) is 47.7 Å². The summed E-state index contributed by atoms with van der Waals surface area (Å²) in [6, 6.07) is 14.3. The van der Waals surface area contributed by atoms with Crippen LogP contribution >= 0.6 is 0 Å². The van der Waals surface area contributed by atoms with Crippen molar-refractivity contribution in [2.45, 2.75) is 33.7 Å². The maximum Gasteiger partial charge on any atom is 0.337 e. The molecule has 2 aromatic rings. The summed E-state index contributed by atoms with van der Waals surface area (Å²) in [5.74, 6) is -0.875. The highest BCUT2D eigenvalue weighted by Gasteiger charge is 2.31. The standard InChI is InChI=1S/C24H30N2O2/c1-5-25(6-2)14-15-26-16-22(24(27)28)20-11-7-8-12-21(20)23(26)19-13-9-10-17(3)18(19)4/h7-13,16,23H,5-6,14-15H2,1-4H3,(H,27,28). The summed E-state index contributed by atoms with van der Waals surface area (Å²) in [4.78, 5) is 16.6. The minimum Gasteiger partial charge on any atom is -0.478 e. The Hall–Kier alpha value is -2.59. The van der Waals surface area contributed by atoms with E-state index in [1.807, 2.05) is 24.4 Å². The molecule has 3 rings (SSSR count). The molecule has 0 aliphatic carbocycles. The van der Waals surface area contributed by atoms with Gasteiger partial charge in [0.15, 0.2) is 0 Å². The van der Waals surface area contributed by atoms with Gasteiger partial charge in [-0.3, -0.25) is 0 Å². The molecule has 0 radical (unpaired) electrons. The second-order valence-electron chi connectivity index (χ2n) is 7.39. The molecule has 0 saturated carbocycles. The largest absolute Gasteiger partial charge is 0.478 e. The van der Waals surface area contributed by atoms with E-state index in [0.717, 1.165) is 37.3 Å². The highest BCUT2D eigenvalue weighted by Crippen LogP contribution is 2.40. The molecule has 1 unspecified atom stereocenters. The van der Waals surface area contributed by atoms with Gasteiger partial charge in [0.05, 0.1) is 11.6 Å². The average Bonchev–Trinajstić information content (AvgIpc) is 2.70. The van der Waals surface area contributed by atoms with Crippen LogP contribution in [0.2, 0.25) is 0 Å². The van der Waals surface area contributed by atoms with Crippen molar-refractivity contribution in [2.75, 3.05) is 26.2 Å². The predicted molar refractivity (Wildman–Crippen MR) is 114 cm³/mol. The van der Waals surface area contributed by atoms with Crippen LogP contribution in [0.15, 0.2) is 48.7 Å². The Labute approximate surface area is 168 Å². The van der Waals surface area contributed by atoms with Gasteiger partial charge in [0.25, 0.3) is 0 Å². The van der Waals surface area contributed by atoms with Crippen LogP contribution in [0.4, 0.5) is 0 Å². The van der Waals surface area contributed by atoms with Gasteiger partial charge in [0.2, 0.25) is 0 Å². The summed E-state index contributed by atoms with van der Waals surface area (Å²) < 4.78 is 0. The number of hydrogen-bond donors (Lipinski definition) is 1. The van der Waals surface area contributed by atoms with Crippen molar-refractivity contribution in [3.63, 3.8) is 0 Å². The average molecular weight is 379 g/mol. The van der Waals surface area contributed by atoms with Gasteiger partial charge in [0.1, 0.15) is 0 Å². The summed E-state index contributed by atoms with van der Waals surface area (Å²) in [6.07, 6.45) is 1.85. The number of rotatable bonds is 7. The number of carboxylic acid groups (broad SMARTS) is 1. The van der Waals surface area contributed by atoms with E-state index in [1.165, 1.54) is 16.7 Å². The van der Waals surface area contributed by atoms with Crippen LogP contribution in [0.3, 0.4) is 0 Å². The highest BCUT2D eigenvalue weighted by atomic mass is 16.4. The molecule has 2 aromatic carbocycles. The molecule has 4 heteroatoms. The minimum absolute atomic E-state index is 0.0229. The highest BCUT2D eigenvalue weighted by molar-refractivity contribution is 6.16. The first-order valence-electron chi connectivity index (χ1n) is 10.1. The van der Waals surface area contributed by atoms with Gasteiger partial charge in [-0.05, 0) is 54.8 Å². The Morgan fingerprint density at radius 1 is 1.04 bits per heavy atom. The number of benzene rings is 2. The van der Waals surface area contributed by atoms with Crippen molar-refractivity contribution in [3.05, 3.63) is 76.5 Å². The number of nitrogens with zero attached hydrogens (tertiary/aromatic N) is 2. The van der Waals surface area contributed by atoms with E-state index < -0.39 is 5.97 Å². The molecule has 148 valence electrons. The minimum atomic E-state index is -0.875. The van der Waals surface area contributed by atoms with Crippen LogP contribution in [0.25, 0.3) is 5.57 Å². The third-order valence-corrected chi connectivity index (χ3v) is 5.91. The SMILES string of the molecule is CCN(CC)CCN1C=C(C(=O)O)c2ccccc2C1c1cccc(C)c1C. The zero-order valence-electron chi connectivity index (χ0n) is 17.3. The fourth-order valence-corrected chi connectivity index (χ4v) is 4.05. The molecule has 0 saturated heterocycles. The monoisotopic (exact) mass is 378 g/mol. The number of fused-ring (bicyclic) bond motifs is 1. The van der Waals surface area contributed by atoms with E-state index >= 15 is 0 Å². The van der Waals surface area contributed by atoms with Gasteiger partial charge in [-0.15, -0.1) is 0 Å². The molecule has 1 aliphatic heterocycles. The summed E-state index contributed by atoms with van der Waals surface area (Å²) >= 11 is 0. The number of hydrogen-bond acceptors (Lipinski definition) is 3. The lowest BCUT2D eigenvalue weighted by Gasteiger charge is -2.38. The summed E-state index contributed by atoms with van der Waals surface area (Å²) in [5.41, 5.74) is 6.02. The molecule has 0 bridgehead atoms. The topological polar surface area (TPSA) is 43.8 Å². The molecule has 1 atom stereocenters. The lowest BCUT2D eigenvalue weighted by atomic mass is 9.84. The molecule has 0 fully saturated rings. The van der Waals surface area contributed by atoms with E-state index in [9.17, 15) is 9.90 Å². The van der Waals surface area contributed by atoms with E-state index in [1.54, 1.807) is 0 Å². The van der Waals surface area contributed by atoms with E-state index in [2.05, 4.69) is 61.8 Å². The number of carboxylic acids is 1. The Bertz CT molecular complexity index is 884. The number of aryl methyl sites for hydroxylation is 1. The van der Waals surface area contributed by atoms with Crippen LogP contribution in [-0.2, 0) is 4.79 Å². The van der Waals surface area contributed by atoms with Crippen LogP contribution in [0.5, 0.6) is 0 Å². The molecule has 1 heterocycles. The number of carbonyl (C=O) groups is 1. The molecule has 4 nitrogen and oxygen atoms in total. The number of aliphatic carboxylic acids is 1. The van der Waals surface area contributed by atoms with E-state index in [0.29, 0.717) is 5.57 Å². The smallest absolute Gasteiger partial charge is 0.337 e. The third kappa shape index (κ3) is 3.83. The zero-order chi connectivity index (χ0) is 20.3. The second kappa shape index (κ2) is 8.61. The molecule has 1 N–H and O–H groups in total. The lowest BCUT2D eigenvalue weighted by Crippen LogP contribution is -2.37. The predicted octanol–water partition coefficient (Wildman–Crippen LogP) is 4.48. The molecule has 0 amide bonds. The normalized spacial score (nSPS) is 16.1. The summed E-state index contributed by atoms with van der Waals surface area (Å²) in [7, 11) is 0. The summed E-state index contributed by atoms with van der Waals surface area (Å²) in [6.45, 7) is 12.3. The zero-order valence-corrected chi connectivity index (χ0v) is 17.3. The van der Waals surface area contributed by atoms with Gasteiger partial charge < -0.3 is 14.9 Å². The van der Waals surface area contributed by atoms with Gasteiger partial charge in [-0.2, -0.15) is 0 Å². The van der Waals surface area contributed by atoms with Gasteiger partial charge in [-0.25, -0.2) is 4.79 Å². The molecular formula is C24H30N2O2. The maximum absolute atomic E-state index is 12.0. The van der Waals surface area contributed by atoms with Gasteiger partial charge in [0, 0.05) is 19.3 Å². The molecule has 0 spiro atoms. The molecule has 0 aromatic heterocycles. The van der Waals surface area contributed by atoms with Crippen molar-refractivity contribution < 1.29 is 9.90 Å². The molecule has 28 heavy (non-hydrogen) atoms. The second-order valence-corrected chi connectivity index (χ2v) is 7.39. The lowest BCUT2D eigenvalue weighted by molar-refractivity contribution is -0.130. The van der Waals surface area contributed by atoms with Crippen molar-refractivity contribution in [3.8, 4) is 0 Å². The third-order valence-electron chi connectivity index (χ3n) is 5.91. The van der Waals surface area contributed by atoms with Gasteiger partial charge >= 0.3 is 5.97 Å². The van der Waals surface area contributed by atoms with Crippen molar-refractivity contribution in [2.24, 2.45) is 0 Å².